The first-order valence-electron chi connectivity index (χ1n) is 7.68. The Labute approximate surface area is 137 Å². The summed E-state index contributed by atoms with van der Waals surface area (Å²) >= 11 is 0. The van der Waals surface area contributed by atoms with Crippen molar-refractivity contribution in [3.05, 3.63) is 53.6 Å². The second-order valence-electron chi connectivity index (χ2n) is 5.72. The van der Waals surface area contributed by atoms with Gasteiger partial charge in [0, 0.05) is 11.8 Å². The molecule has 0 spiro atoms. The minimum absolute atomic E-state index is 0.0590. The fourth-order valence-electron chi connectivity index (χ4n) is 2.36. The van der Waals surface area contributed by atoms with Crippen LogP contribution in [0.1, 0.15) is 25.0 Å². The molecule has 2 aromatic carbocycles. The van der Waals surface area contributed by atoms with E-state index in [1.807, 2.05) is 63.2 Å². The molecule has 0 aliphatic rings. The average Bonchev–Trinajstić information content (AvgIpc) is 2.47. The van der Waals surface area contributed by atoms with E-state index in [0.717, 1.165) is 28.3 Å². The summed E-state index contributed by atoms with van der Waals surface area (Å²) in [6, 6.07) is 13.2. The van der Waals surface area contributed by atoms with Crippen molar-refractivity contribution in [2.24, 2.45) is 0 Å². The van der Waals surface area contributed by atoms with Crippen LogP contribution in [-0.2, 0) is 11.2 Å². The van der Waals surface area contributed by atoms with E-state index in [9.17, 15) is 4.79 Å². The number of methoxy groups -OCH3 is 1. The molecule has 0 aliphatic heterocycles. The molecule has 0 saturated carbocycles. The maximum Gasteiger partial charge on any atom is 0.228 e. The van der Waals surface area contributed by atoms with Crippen LogP contribution in [0.25, 0.3) is 0 Å². The Morgan fingerprint density at radius 3 is 2.61 bits per heavy atom. The molecule has 4 heteroatoms. The fourth-order valence-corrected chi connectivity index (χ4v) is 2.36. The molecule has 0 saturated heterocycles. The third-order valence-electron chi connectivity index (χ3n) is 3.31. The highest BCUT2D eigenvalue weighted by Crippen LogP contribution is 2.20. The fraction of sp³-hybridized carbons (Fsp3) is 0.316. The third kappa shape index (κ3) is 5.02. The third-order valence-corrected chi connectivity index (χ3v) is 3.31. The lowest BCUT2D eigenvalue weighted by Crippen LogP contribution is -2.14. The predicted octanol–water partition coefficient (Wildman–Crippen LogP) is 3.97. The van der Waals surface area contributed by atoms with Gasteiger partial charge in [-0.2, -0.15) is 0 Å². The number of benzene rings is 2. The zero-order valence-electron chi connectivity index (χ0n) is 14.1. The molecule has 0 radical (unpaired) electrons. The zero-order valence-corrected chi connectivity index (χ0v) is 14.1. The van der Waals surface area contributed by atoms with E-state index >= 15 is 0 Å². The molecule has 0 bridgehead atoms. The SMILES string of the molecule is COc1ccc(CC(=O)Nc2cccc(OC(C)C)c2)cc1C. The minimum Gasteiger partial charge on any atom is -0.496 e. The Bertz CT molecular complexity index is 680. The first kappa shape index (κ1) is 16.9. The Morgan fingerprint density at radius 2 is 1.96 bits per heavy atom. The van der Waals surface area contributed by atoms with Crippen LogP contribution >= 0.6 is 0 Å². The van der Waals surface area contributed by atoms with Crippen LogP contribution in [0.5, 0.6) is 11.5 Å². The topological polar surface area (TPSA) is 47.6 Å². The van der Waals surface area contributed by atoms with Gasteiger partial charge in [-0.25, -0.2) is 0 Å². The quantitative estimate of drug-likeness (QED) is 0.877. The molecular formula is C19H23NO3. The van der Waals surface area contributed by atoms with E-state index < -0.39 is 0 Å². The highest BCUT2D eigenvalue weighted by molar-refractivity contribution is 5.92. The normalized spacial score (nSPS) is 10.5. The lowest BCUT2D eigenvalue weighted by Gasteiger charge is -2.12. The highest BCUT2D eigenvalue weighted by atomic mass is 16.5. The van der Waals surface area contributed by atoms with Gasteiger partial charge in [0.25, 0.3) is 0 Å². The average molecular weight is 313 g/mol. The maximum atomic E-state index is 12.2. The Balaban J connectivity index is 2.00. The van der Waals surface area contributed by atoms with Crippen molar-refractivity contribution in [2.45, 2.75) is 33.3 Å². The van der Waals surface area contributed by atoms with Crippen LogP contribution in [0.4, 0.5) is 5.69 Å². The van der Waals surface area contributed by atoms with Crippen molar-refractivity contribution < 1.29 is 14.3 Å². The molecule has 1 amide bonds. The van der Waals surface area contributed by atoms with E-state index in [0.29, 0.717) is 6.42 Å². The van der Waals surface area contributed by atoms with Crippen molar-refractivity contribution in [1.82, 2.24) is 0 Å². The summed E-state index contributed by atoms with van der Waals surface area (Å²) in [6.07, 6.45) is 0.420. The number of ether oxygens (including phenoxy) is 2. The Hall–Kier alpha value is -2.49. The molecule has 0 heterocycles. The maximum absolute atomic E-state index is 12.2. The summed E-state index contributed by atoms with van der Waals surface area (Å²) in [7, 11) is 1.64. The minimum atomic E-state index is -0.0590. The second kappa shape index (κ2) is 7.68. The van der Waals surface area contributed by atoms with Gasteiger partial charge in [-0.05, 0) is 50.1 Å². The highest BCUT2D eigenvalue weighted by Gasteiger charge is 2.07. The Morgan fingerprint density at radius 1 is 1.17 bits per heavy atom. The number of hydrogen-bond donors (Lipinski definition) is 1. The monoisotopic (exact) mass is 313 g/mol. The molecule has 4 nitrogen and oxygen atoms in total. The van der Waals surface area contributed by atoms with Crippen LogP contribution < -0.4 is 14.8 Å². The Kier molecular flexibility index (Phi) is 5.63. The van der Waals surface area contributed by atoms with Gasteiger partial charge in [-0.15, -0.1) is 0 Å². The summed E-state index contributed by atoms with van der Waals surface area (Å²) < 4.78 is 10.9. The van der Waals surface area contributed by atoms with E-state index in [1.165, 1.54) is 0 Å². The van der Waals surface area contributed by atoms with Gasteiger partial charge in [-0.3, -0.25) is 4.79 Å². The van der Waals surface area contributed by atoms with Gasteiger partial charge >= 0.3 is 0 Å². The van der Waals surface area contributed by atoms with Crippen molar-refractivity contribution in [1.29, 1.82) is 0 Å². The van der Waals surface area contributed by atoms with Crippen LogP contribution in [0.3, 0.4) is 0 Å². The number of amides is 1. The number of anilines is 1. The molecular weight excluding hydrogens is 290 g/mol. The molecule has 122 valence electrons. The molecule has 0 aromatic heterocycles. The van der Waals surface area contributed by atoms with Gasteiger partial charge < -0.3 is 14.8 Å². The molecule has 1 N–H and O–H groups in total. The standard InChI is InChI=1S/C19H23NO3/c1-13(2)23-17-7-5-6-16(12-17)20-19(21)11-15-8-9-18(22-4)14(3)10-15/h5-10,12-13H,11H2,1-4H3,(H,20,21). The van der Waals surface area contributed by atoms with Gasteiger partial charge in [0.1, 0.15) is 11.5 Å². The summed E-state index contributed by atoms with van der Waals surface area (Å²) in [5.74, 6) is 1.52. The number of rotatable bonds is 6. The molecule has 0 atom stereocenters. The number of carbonyl (C=O) groups is 1. The smallest absolute Gasteiger partial charge is 0.228 e. The molecule has 2 aromatic rings. The zero-order chi connectivity index (χ0) is 16.8. The van der Waals surface area contributed by atoms with Crippen LogP contribution in [0.15, 0.2) is 42.5 Å². The van der Waals surface area contributed by atoms with E-state index in [4.69, 9.17) is 9.47 Å². The molecule has 23 heavy (non-hydrogen) atoms. The van der Waals surface area contributed by atoms with Gasteiger partial charge in [-0.1, -0.05) is 18.2 Å². The summed E-state index contributed by atoms with van der Waals surface area (Å²) in [5, 5.41) is 2.90. The summed E-state index contributed by atoms with van der Waals surface area (Å²) in [4.78, 5) is 12.2. The van der Waals surface area contributed by atoms with Crippen molar-refractivity contribution in [3.8, 4) is 11.5 Å². The van der Waals surface area contributed by atoms with Crippen molar-refractivity contribution >= 4 is 11.6 Å². The van der Waals surface area contributed by atoms with E-state index in [1.54, 1.807) is 7.11 Å². The number of carbonyl (C=O) groups excluding carboxylic acids is 1. The van der Waals surface area contributed by atoms with E-state index in [-0.39, 0.29) is 12.0 Å². The second-order valence-corrected chi connectivity index (χ2v) is 5.72. The first-order chi connectivity index (χ1) is 11.0. The molecule has 0 aliphatic carbocycles. The largest absolute Gasteiger partial charge is 0.496 e. The van der Waals surface area contributed by atoms with Crippen LogP contribution in [0, 0.1) is 6.92 Å². The van der Waals surface area contributed by atoms with Gasteiger partial charge in [0.05, 0.1) is 19.6 Å². The number of nitrogens with one attached hydrogen (secondary N) is 1. The summed E-state index contributed by atoms with van der Waals surface area (Å²) in [5.41, 5.74) is 2.71. The molecule has 0 unspecified atom stereocenters. The van der Waals surface area contributed by atoms with Crippen molar-refractivity contribution in [3.63, 3.8) is 0 Å². The number of aryl methyl sites for hydroxylation is 1. The van der Waals surface area contributed by atoms with Gasteiger partial charge in [0.15, 0.2) is 0 Å². The predicted molar refractivity (Wildman–Crippen MR) is 92.3 cm³/mol. The lowest BCUT2D eigenvalue weighted by atomic mass is 10.1. The first-order valence-corrected chi connectivity index (χ1v) is 7.68. The van der Waals surface area contributed by atoms with E-state index in [2.05, 4.69) is 5.32 Å². The van der Waals surface area contributed by atoms with Crippen molar-refractivity contribution in [2.75, 3.05) is 12.4 Å². The molecule has 0 fully saturated rings. The van der Waals surface area contributed by atoms with Gasteiger partial charge in [0.2, 0.25) is 5.91 Å². The lowest BCUT2D eigenvalue weighted by molar-refractivity contribution is -0.115. The van der Waals surface area contributed by atoms with Crippen LogP contribution in [0.2, 0.25) is 0 Å². The molecule has 2 rings (SSSR count). The van der Waals surface area contributed by atoms with Crippen LogP contribution in [-0.4, -0.2) is 19.1 Å². The summed E-state index contributed by atoms with van der Waals surface area (Å²) in [6.45, 7) is 5.90. The number of hydrogen-bond acceptors (Lipinski definition) is 3.